The summed E-state index contributed by atoms with van der Waals surface area (Å²) in [6.45, 7) is 8.09. The van der Waals surface area contributed by atoms with Crippen LogP contribution in [0.25, 0.3) is 5.69 Å². The fourth-order valence-corrected chi connectivity index (χ4v) is 1.93. The van der Waals surface area contributed by atoms with Gasteiger partial charge in [0.15, 0.2) is 0 Å². The molecule has 1 aromatic heterocycles. The Morgan fingerprint density at radius 2 is 2.05 bits per heavy atom. The molecule has 0 saturated heterocycles. The van der Waals surface area contributed by atoms with Crippen molar-refractivity contribution < 1.29 is 4.39 Å². The summed E-state index contributed by atoms with van der Waals surface area (Å²) in [5, 5.41) is 4.55. The van der Waals surface area contributed by atoms with Crippen LogP contribution in [0.3, 0.4) is 0 Å². The van der Waals surface area contributed by atoms with Crippen molar-refractivity contribution in [3.05, 3.63) is 41.3 Å². The van der Waals surface area contributed by atoms with Crippen LogP contribution < -0.4 is 5.73 Å². The van der Waals surface area contributed by atoms with Crippen molar-refractivity contribution in [2.45, 2.75) is 39.5 Å². The summed E-state index contributed by atoms with van der Waals surface area (Å²) < 4.78 is 15.2. The molecule has 0 aliphatic carbocycles. The lowest BCUT2D eigenvalue weighted by Gasteiger charge is -2.19. The minimum absolute atomic E-state index is 0.0411. The van der Waals surface area contributed by atoms with Crippen molar-refractivity contribution in [2.24, 2.45) is 0 Å². The van der Waals surface area contributed by atoms with Crippen LogP contribution in [-0.2, 0) is 5.41 Å². The average molecular weight is 261 g/mol. The summed E-state index contributed by atoms with van der Waals surface area (Å²) in [6.07, 6.45) is 0.964. The lowest BCUT2D eigenvalue weighted by molar-refractivity contribution is 0.485. The summed E-state index contributed by atoms with van der Waals surface area (Å²) in [6, 6.07) is 6.80. The van der Waals surface area contributed by atoms with Crippen molar-refractivity contribution in [1.29, 1.82) is 0 Å². The molecule has 0 aliphatic heterocycles. The minimum atomic E-state index is -0.247. The van der Waals surface area contributed by atoms with E-state index >= 15 is 0 Å². The smallest absolute Gasteiger partial charge is 0.128 e. The predicted molar refractivity (Wildman–Crippen MR) is 76.0 cm³/mol. The van der Waals surface area contributed by atoms with Crippen molar-refractivity contribution in [3.63, 3.8) is 0 Å². The second-order valence-corrected chi connectivity index (χ2v) is 5.49. The lowest BCUT2D eigenvalue weighted by Crippen LogP contribution is -2.16. The molecule has 4 heteroatoms. The number of nitrogens with zero attached hydrogens (tertiary/aromatic N) is 2. The van der Waals surface area contributed by atoms with E-state index in [4.69, 9.17) is 5.73 Å². The van der Waals surface area contributed by atoms with Crippen LogP contribution in [0.4, 0.5) is 10.2 Å². The Hall–Kier alpha value is -1.84. The van der Waals surface area contributed by atoms with Gasteiger partial charge in [0.2, 0.25) is 0 Å². The molecular weight excluding hydrogens is 241 g/mol. The van der Waals surface area contributed by atoms with Crippen molar-refractivity contribution in [2.75, 3.05) is 5.73 Å². The molecule has 0 fully saturated rings. The first-order valence-corrected chi connectivity index (χ1v) is 6.48. The number of nitrogens with two attached hydrogens (primary N) is 1. The van der Waals surface area contributed by atoms with E-state index in [0.29, 0.717) is 17.1 Å². The van der Waals surface area contributed by atoms with Crippen LogP contribution in [0.15, 0.2) is 24.3 Å². The van der Waals surface area contributed by atoms with Crippen LogP contribution in [0.5, 0.6) is 0 Å². The monoisotopic (exact) mass is 261 g/mol. The van der Waals surface area contributed by atoms with Crippen molar-refractivity contribution in [3.8, 4) is 5.69 Å². The highest BCUT2D eigenvalue weighted by Gasteiger charge is 2.23. The molecule has 2 N–H and O–H groups in total. The largest absolute Gasteiger partial charge is 0.384 e. The van der Waals surface area contributed by atoms with Crippen LogP contribution >= 0.6 is 0 Å². The highest BCUT2D eigenvalue weighted by molar-refractivity contribution is 5.48. The fourth-order valence-electron chi connectivity index (χ4n) is 1.93. The third kappa shape index (κ3) is 2.35. The van der Waals surface area contributed by atoms with Crippen LogP contribution in [0, 0.1) is 12.7 Å². The zero-order valence-electron chi connectivity index (χ0n) is 11.9. The summed E-state index contributed by atoms with van der Waals surface area (Å²) in [5.41, 5.74) is 8.15. The van der Waals surface area contributed by atoms with Gasteiger partial charge in [-0.2, -0.15) is 5.10 Å². The number of benzene rings is 1. The standard InChI is InChI=1S/C15H20FN3/c1-5-15(3,4)13-9-14(17)19(18-13)12-8-6-7-11(16)10(12)2/h6-9H,5,17H2,1-4H3. The minimum Gasteiger partial charge on any atom is -0.384 e. The first kappa shape index (κ1) is 13.6. The molecule has 0 amide bonds. The first-order chi connectivity index (χ1) is 8.86. The van der Waals surface area contributed by atoms with Gasteiger partial charge in [-0.15, -0.1) is 0 Å². The van der Waals surface area contributed by atoms with E-state index in [1.165, 1.54) is 6.07 Å². The van der Waals surface area contributed by atoms with Crippen LogP contribution in [0.1, 0.15) is 38.4 Å². The maximum atomic E-state index is 13.6. The van der Waals surface area contributed by atoms with Gasteiger partial charge >= 0.3 is 0 Å². The number of aromatic nitrogens is 2. The molecule has 0 saturated carbocycles. The highest BCUT2D eigenvalue weighted by atomic mass is 19.1. The van der Waals surface area contributed by atoms with E-state index in [1.54, 1.807) is 17.7 Å². The molecule has 3 nitrogen and oxygen atoms in total. The second-order valence-electron chi connectivity index (χ2n) is 5.49. The van der Waals surface area contributed by atoms with Gasteiger partial charge in [-0.3, -0.25) is 0 Å². The third-order valence-corrected chi connectivity index (χ3v) is 3.78. The molecule has 2 rings (SSSR count). The summed E-state index contributed by atoms with van der Waals surface area (Å²) in [5.74, 6) is 0.286. The zero-order chi connectivity index (χ0) is 14.2. The molecule has 102 valence electrons. The molecule has 0 aliphatic rings. The molecule has 1 aromatic carbocycles. The third-order valence-electron chi connectivity index (χ3n) is 3.78. The van der Waals surface area contributed by atoms with E-state index in [1.807, 2.05) is 12.1 Å². The Labute approximate surface area is 113 Å². The summed E-state index contributed by atoms with van der Waals surface area (Å²) >= 11 is 0. The van der Waals surface area contributed by atoms with Gasteiger partial charge in [-0.1, -0.05) is 26.8 Å². The molecule has 19 heavy (non-hydrogen) atoms. The molecule has 0 atom stereocenters. The number of halogens is 1. The second kappa shape index (κ2) is 4.68. The number of hydrogen-bond donors (Lipinski definition) is 1. The van der Waals surface area contributed by atoms with Gasteiger partial charge in [-0.05, 0) is 25.5 Å². The Bertz CT molecular complexity index is 599. The molecule has 0 bridgehead atoms. The van der Waals surface area contributed by atoms with E-state index in [2.05, 4.69) is 25.9 Å². The summed E-state index contributed by atoms with van der Waals surface area (Å²) in [7, 11) is 0. The van der Waals surface area contributed by atoms with E-state index in [9.17, 15) is 4.39 Å². The first-order valence-electron chi connectivity index (χ1n) is 6.48. The van der Waals surface area contributed by atoms with E-state index < -0.39 is 0 Å². The zero-order valence-corrected chi connectivity index (χ0v) is 11.9. The maximum Gasteiger partial charge on any atom is 0.128 e. The highest BCUT2D eigenvalue weighted by Crippen LogP contribution is 2.29. The predicted octanol–water partition coefficient (Wildman–Crippen LogP) is 3.59. The molecule has 2 aromatic rings. The lowest BCUT2D eigenvalue weighted by atomic mass is 9.87. The van der Waals surface area contributed by atoms with Crippen molar-refractivity contribution in [1.82, 2.24) is 9.78 Å². The van der Waals surface area contributed by atoms with E-state index in [0.717, 1.165) is 12.1 Å². The number of hydrogen-bond acceptors (Lipinski definition) is 2. The maximum absolute atomic E-state index is 13.6. The Morgan fingerprint density at radius 1 is 1.37 bits per heavy atom. The molecule has 1 heterocycles. The molecular formula is C15H20FN3. The van der Waals surface area contributed by atoms with Gasteiger partial charge in [0, 0.05) is 17.0 Å². The Kier molecular flexibility index (Phi) is 3.35. The summed E-state index contributed by atoms with van der Waals surface area (Å²) in [4.78, 5) is 0. The van der Waals surface area contributed by atoms with Gasteiger partial charge in [-0.25, -0.2) is 9.07 Å². The Balaban J connectivity index is 2.56. The van der Waals surface area contributed by atoms with E-state index in [-0.39, 0.29) is 11.2 Å². The van der Waals surface area contributed by atoms with Crippen LogP contribution in [-0.4, -0.2) is 9.78 Å². The fraction of sp³-hybridized carbons (Fsp3) is 0.400. The molecule has 0 spiro atoms. The molecule has 0 radical (unpaired) electrons. The molecule has 0 unspecified atom stereocenters. The quantitative estimate of drug-likeness (QED) is 0.917. The van der Waals surface area contributed by atoms with Gasteiger partial charge in [0.1, 0.15) is 11.6 Å². The number of rotatable bonds is 3. The SMILES string of the molecule is CCC(C)(C)c1cc(N)n(-c2cccc(F)c2C)n1. The topological polar surface area (TPSA) is 43.8 Å². The average Bonchev–Trinajstić information content (AvgIpc) is 2.75. The number of anilines is 1. The van der Waals surface area contributed by atoms with Gasteiger partial charge in [0.25, 0.3) is 0 Å². The van der Waals surface area contributed by atoms with Gasteiger partial charge in [0.05, 0.1) is 11.4 Å². The van der Waals surface area contributed by atoms with Gasteiger partial charge < -0.3 is 5.73 Å². The van der Waals surface area contributed by atoms with Crippen LogP contribution in [0.2, 0.25) is 0 Å². The van der Waals surface area contributed by atoms with Crippen molar-refractivity contribution >= 4 is 5.82 Å². The Morgan fingerprint density at radius 3 is 2.68 bits per heavy atom. The normalized spacial score (nSPS) is 11.8. The number of nitrogen functional groups attached to an aromatic ring is 1.